The van der Waals surface area contributed by atoms with E-state index in [1.54, 1.807) is 6.20 Å². The van der Waals surface area contributed by atoms with Crippen molar-refractivity contribution in [2.75, 3.05) is 19.6 Å². The Bertz CT molecular complexity index is 559. The summed E-state index contributed by atoms with van der Waals surface area (Å²) in [4.78, 5) is 20.9. The minimum Gasteiger partial charge on any atom is -0.369 e. The monoisotopic (exact) mass is 258 g/mol. The zero-order chi connectivity index (χ0) is 13.2. The van der Waals surface area contributed by atoms with Gasteiger partial charge in [0.25, 0.3) is 0 Å². The van der Waals surface area contributed by atoms with E-state index < -0.39 is 0 Å². The summed E-state index contributed by atoms with van der Waals surface area (Å²) in [5.41, 5.74) is 7.42. The number of nitrogens with zero attached hydrogens (tertiary/aromatic N) is 2. The fourth-order valence-electron chi connectivity index (χ4n) is 2.87. The molecule has 19 heavy (non-hydrogen) atoms. The topological polar surface area (TPSA) is 75.0 Å². The van der Waals surface area contributed by atoms with Gasteiger partial charge in [0.1, 0.15) is 5.65 Å². The molecule has 0 spiro atoms. The molecule has 3 N–H and O–H groups in total. The molecule has 1 unspecified atom stereocenters. The maximum Gasteiger partial charge on any atom is 0.231 e. The van der Waals surface area contributed by atoms with Crippen LogP contribution in [0.1, 0.15) is 24.5 Å². The number of aromatic amines is 1. The number of fused-ring (bicyclic) bond motifs is 1. The minimum atomic E-state index is -0.251. The van der Waals surface area contributed by atoms with Crippen LogP contribution in [0.5, 0.6) is 0 Å². The summed E-state index contributed by atoms with van der Waals surface area (Å²) in [6.45, 7) is 2.20. The number of hydrogen-bond acceptors (Lipinski definition) is 3. The van der Waals surface area contributed by atoms with E-state index >= 15 is 0 Å². The van der Waals surface area contributed by atoms with Gasteiger partial charge in [-0.15, -0.1) is 0 Å². The number of hydrogen-bond donors (Lipinski definition) is 2. The molecule has 5 nitrogen and oxygen atoms in total. The lowest BCUT2D eigenvalue weighted by Crippen LogP contribution is -2.40. The van der Waals surface area contributed by atoms with Crippen molar-refractivity contribution in [3.05, 3.63) is 30.1 Å². The molecule has 1 saturated heterocycles. The number of likely N-dealkylation sites (tertiary alicyclic amines) is 1. The van der Waals surface area contributed by atoms with E-state index in [9.17, 15) is 4.79 Å². The molecule has 1 amide bonds. The Labute approximate surface area is 111 Å². The first-order valence-corrected chi connectivity index (χ1v) is 6.66. The Hall–Kier alpha value is -1.88. The molecule has 0 aliphatic carbocycles. The molecule has 1 aliphatic heterocycles. The van der Waals surface area contributed by atoms with Gasteiger partial charge in [0.05, 0.1) is 6.54 Å². The summed E-state index contributed by atoms with van der Waals surface area (Å²) in [5, 5.41) is 1.14. The quantitative estimate of drug-likeness (QED) is 0.869. The highest BCUT2D eigenvalue weighted by molar-refractivity contribution is 5.76. The normalized spacial score (nSPS) is 20.7. The zero-order valence-electron chi connectivity index (χ0n) is 10.8. The number of piperidine rings is 1. The van der Waals surface area contributed by atoms with Gasteiger partial charge in [-0.25, -0.2) is 4.98 Å². The minimum absolute atomic E-state index is 0.251. The molecule has 2 aromatic rings. The fraction of sp³-hybridized carbons (Fsp3) is 0.429. The van der Waals surface area contributed by atoms with Crippen molar-refractivity contribution in [1.29, 1.82) is 0 Å². The molecule has 2 aromatic heterocycles. The molecule has 3 rings (SSSR count). The first-order chi connectivity index (χ1) is 9.22. The molecule has 3 heterocycles. The summed E-state index contributed by atoms with van der Waals surface area (Å²) < 4.78 is 0. The number of nitrogens with two attached hydrogens (primary N) is 1. The maximum absolute atomic E-state index is 11.0. The predicted octanol–water partition coefficient (Wildman–Crippen LogP) is 1.23. The van der Waals surface area contributed by atoms with E-state index in [0.29, 0.717) is 12.5 Å². The van der Waals surface area contributed by atoms with E-state index in [1.165, 1.54) is 5.69 Å². The van der Waals surface area contributed by atoms with Crippen LogP contribution in [0, 0.1) is 0 Å². The Kier molecular flexibility index (Phi) is 3.21. The van der Waals surface area contributed by atoms with Gasteiger partial charge in [-0.05, 0) is 37.6 Å². The molecular formula is C14H18N4O. The molecule has 0 aromatic carbocycles. The molecule has 5 heteroatoms. The lowest BCUT2D eigenvalue weighted by Gasteiger charge is -2.31. The Balaban J connectivity index is 1.79. The lowest BCUT2D eigenvalue weighted by molar-refractivity contribution is -0.119. The standard InChI is InChI=1S/C14H18N4O/c15-13(19)9-18-6-2-4-11(8-18)12-7-10-3-1-5-16-14(10)17-12/h1,3,5,7,11H,2,4,6,8-9H2,(H2,15,19)(H,16,17). The highest BCUT2D eigenvalue weighted by Gasteiger charge is 2.23. The van der Waals surface area contributed by atoms with Gasteiger partial charge in [-0.3, -0.25) is 9.69 Å². The van der Waals surface area contributed by atoms with Gasteiger partial charge in [-0.1, -0.05) is 0 Å². The second kappa shape index (κ2) is 5.01. The van der Waals surface area contributed by atoms with Crippen LogP contribution in [0.15, 0.2) is 24.4 Å². The van der Waals surface area contributed by atoms with Crippen LogP contribution in [0.25, 0.3) is 11.0 Å². The van der Waals surface area contributed by atoms with Crippen molar-refractivity contribution in [2.24, 2.45) is 5.73 Å². The predicted molar refractivity (Wildman–Crippen MR) is 73.7 cm³/mol. The van der Waals surface area contributed by atoms with Gasteiger partial charge >= 0.3 is 0 Å². The Morgan fingerprint density at radius 2 is 2.47 bits per heavy atom. The van der Waals surface area contributed by atoms with Crippen molar-refractivity contribution >= 4 is 16.9 Å². The van der Waals surface area contributed by atoms with Crippen molar-refractivity contribution in [1.82, 2.24) is 14.9 Å². The number of rotatable bonds is 3. The van der Waals surface area contributed by atoms with Gasteiger partial charge < -0.3 is 10.7 Å². The fourth-order valence-corrected chi connectivity index (χ4v) is 2.87. The van der Waals surface area contributed by atoms with Gasteiger partial charge in [-0.2, -0.15) is 0 Å². The number of H-pyrrole nitrogens is 1. The van der Waals surface area contributed by atoms with Crippen LogP contribution in [0.2, 0.25) is 0 Å². The first-order valence-electron chi connectivity index (χ1n) is 6.66. The Morgan fingerprint density at radius 1 is 1.58 bits per heavy atom. The summed E-state index contributed by atoms with van der Waals surface area (Å²) in [6.07, 6.45) is 4.03. The van der Waals surface area contributed by atoms with Crippen LogP contribution in [0.4, 0.5) is 0 Å². The third kappa shape index (κ3) is 2.61. The smallest absolute Gasteiger partial charge is 0.231 e. The largest absolute Gasteiger partial charge is 0.369 e. The number of carbonyl (C=O) groups is 1. The number of amides is 1. The zero-order valence-corrected chi connectivity index (χ0v) is 10.8. The molecule has 100 valence electrons. The first kappa shape index (κ1) is 12.2. The SMILES string of the molecule is NC(=O)CN1CCCC(c2cc3cccnc3[nH]2)C1. The second-order valence-corrected chi connectivity index (χ2v) is 5.21. The average Bonchev–Trinajstić information content (AvgIpc) is 2.82. The summed E-state index contributed by atoms with van der Waals surface area (Å²) in [5.74, 6) is 0.182. The van der Waals surface area contributed by atoms with Crippen LogP contribution >= 0.6 is 0 Å². The third-order valence-corrected chi connectivity index (χ3v) is 3.74. The van der Waals surface area contributed by atoms with Crippen molar-refractivity contribution < 1.29 is 4.79 Å². The third-order valence-electron chi connectivity index (χ3n) is 3.74. The van der Waals surface area contributed by atoms with Gasteiger partial charge in [0.2, 0.25) is 5.91 Å². The number of primary amides is 1. The molecule has 0 bridgehead atoms. The summed E-state index contributed by atoms with van der Waals surface area (Å²) in [6, 6.07) is 6.17. The van der Waals surface area contributed by atoms with Gasteiger partial charge in [0.15, 0.2) is 0 Å². The van der Waals surface area contributed by atoms with E-state index in [4.69, 9.17) is 5.73 Å². The van der Waals surface area contributed by atoms with Crippen molar-refractivity contribution in [2.45, 2.75) is 18.8 Å². The van der Waals surface area contributed by atoms with E-state index in [-0.39, 0.29) is 5.91 Å². The highest BCUT2D eigenvalue weighted by Crippen LogP contribution is 2.28. The Morgan fingerprint density at radius 3 is 3.26 bits per heavy atom. The number of pyridine rings is 1. The summed E-state index contributed by atoms with van der Waals surface area (Å²) >= 11 is 0. The molecule has 1 fully saturated rings. The molecule has 1 atom stereocenters. The molecule has 0 radical (unpaired) electrons. The maximum atomic E-state index is 11.0. The summed E-state index contributed by atoms with van der Waals surface area (Å²) in [7, 11) is 0. The average molecular weight is 258 g/mol. The second-order valence-electron chi connectivity index (χ2n) is 5.21. The van der Waals surface area contributed by atoms with E-state index in [2.05, 4.69) is 27.0 Å². The van der Waals surface area contributed by atoms with E-state index in [0.717, 1.165) is 37.0 Å². The number of nitrogens with one attached hydrogen (secondary N) is 1. The van der Waals surface area contributed by atoms with Crippen LogP contribution < -0.4 is 5.73 Å². The molecule has 1 aliphatic rings. The van der Waals surface area contributed by atoms with Gasteiger partial charge in [0, 0.05) is 29.7 Å². The van der Waals surface area contributed by atoms with Crippen molar-refractivity contribution in [3.8, 4) is 0 Å². The molecular weight excluding hydrogens is 240 g/mol. The van der Waals surface area contributed by atoms with Crippen molar-refractivity contribution in [3.63, 3.8) is 0 Å². The van der Waals surface area contributed by atoms with Crippen LogP contribution in [0.3, 0.4) is 0 Å². The van der Waals surface area contributed by atoms with Crippen LogP contribution in [-0.2, 0) is 4.79 Å². The number of carbonyl (C=O) groups excluding carboxylic acids is 1. The highest BCUT2D eigenvalue weighted by atomic mass is 16.1. The van der Waals surface area contributed by atoms with E-state index in [1.807, 2.05) is 6.07 Å². The lowest BCUT2D eigenvalue weighted by atomic mass is 9.95. The molecule has 0 saturated carbocycles. The van der Waals surface area contributed by atoms with Crippen LogP contribution in [-0.4, -0.2) is 40.4 Å². The number of aromatic nitrogens is 2.